The SMILES string of the molecule is Cc1ccc(C(C(=O)NC2CCCC2)N(C)C)cc1. The van der Waals surface area contributed by atoms with E-state index in [9.17, 15) is 4.79 Å². The minimum Gasteiger partial charge on any atom is -0.352 e. The van der Waals surface area contributed by atoms with E-state index in [1.165, 1.54) is 18.4 Å². The first-order chi connectivity index (χ1) is 9.08. The van der Waals surface area contributed by atoms with Gasteiger partial charge in [0.25, 0.3) is 0 Å². The molecule has 0 spiro atoms. The van der Waals surface area contributed by atoms with E-state index in [1.807, 2.05) is 31.1 Å². The van der Waals surface area contributed by atoms with Gasteiger partial charge >= 0.3 is 0 Å². The highest BCUT2D eigenvalue weighted by Crippen LogP contribution is 2.22. The number of benzene rings is 1. The molecule has 0 radical (unpaired) electrons. The van der Waals surface area contributed by atoms with Crippen molar-refractivity contribution >= 4 is 5.91 Å². The van der Waals surface area contributed by atoms with Crippen molar-refractivity contribution in [3.8, 4) is 0 Å². The lowest BCUT2D eigenvalue weighted by Gasteiger charge is -2.25. The Morgan fingerprint density at radius 1 is 1.21 bits per heavy atom. The van der Waals surface area contributed by atoms with Crippen molar-refractivity contribution < 1.29 is 4.79 Å². The molecule has 0 heterocycles. The largest absolute Gasteiger partial charge is 0.352 e. The molecule has 0 aliphatic heterocycles. The Morgan fingerprint density at radius 3 is 2.32 bits per heavy atom. The Morgan fingerprint density at radius 2 is 1.79 bits per heavy atom. The molecule has 2 rings (SSSR count). The Hall–Kier alpha value is -1.35. The van der Waals surface area contributed by atoms with Crippen molar-refractivity contribution in [1.29, 1.82) is 0 Å². The van der Waals surface area contributed by atoms with E-state index in [-0.39, 0.29) is 11.9 Å². The van der Waals surface area contributed by atoms with Crippen LogP contribution in [-0.2, 0) is 4.79 Å². The molecular weight excluding hydrogens is 236 g/mol. The van der Waals surface area contributed by atoms with Crippen LogP contribution in [0.2, 0.25) is 0 Å². The number of aryl methyl sites for hydroxylation is 1. The number of likely N-dealkylation sites (N-methyl/N-ethyl adjacent to an activating group) is 1. The predicted octanol–water partition coefficient (Wildman–Crippen LogP) is 2.66. The van der Waals surface area contributed by atoms with Crippen LogP contribution in [0.4, 0.5) is 0 Å². The quantitative estimate of drug-likeness (QED) is 0.902. The molecule has 0 aromatic heterocycles. The van der Waals surface area contributed by atoms with Crippen LogP contribution in [-0.4, -0.2) is 30.9 Å². The molecule has 1 unspecified atom stereocenters. The number of amides is 1. The van der Waals surface area contributed by atoms with Gasteiger partial charge in [-0.25, -0.2) is 0 Å². The molecule has 1 N–H and O–H groups in total. The fourth-order valence-corrected chi connectivity index (χ4v) is 2.78. The molecule has 1 saturated carbocycles. The van der Waals surface area contributed by atoms with E-state index in [4.69, 9.17) is 0 Å². The first-order valence-electron chi connectivity index (χ1n) is 7.11. The van der Waals surface area contributed by atoms with Gasteiger partial charge in [-0.15, -0.1) is 0 Å². The lowest BCUT2D eigenvalue weighted by atomic mass is 10.0. The monoisotopic (exact) mass is 260 g/mol. The number of carbonyl (C=O) groups is 1. The summed E-state index contributed by atoms with van der Waals surface area (Å²) in [6.45, 7) is 2.06. The highest BCUT2D eigenvalue weighted by molar-refractivity contribution is 5.83. The van der Waals surface area contributed by atoms with Crippen molar-refractivity contribution in [1.82, 2.24) is 10.2 Å². The Labute approximate surface area is 116 Å². The van der Waals surface area contributed by atoms with Crippen molar-refractivity contribution in [3.05, 3.63) is 35.4 Å². The zero-order valence-electron chi connectivity index (χ0n) is 12.1. The van der Waals surface area contributed by atoms with Crippen LogP contribution in [0.1, 0.15) is 42.9 Å². The smallest absolute Gasteiger partial charge is 0.242 e. The fourth-order valence-electron chi connectivity index (χ4n) is 2.78. The molecule has 1 atom stereocenters. The number of nitrogens with one attached hydrogen (secondary N) is 1. The lowest BCUT2D eigenvalue weighted by Crippen LogP contribution is -2.41. The average Bonchev–Trinajstić information content (AvgIpc) is 2.84. The molecule has 104 valence electrons. The number of hydrogen-bond acceptors (Lipinski definition) is 2. The van der Waals surface area contributed by atoms with Crippen molar-refractivity contribution in [3.63, 3.8) is 0 Å². The van der Waals surface area contributed by atoms with Gasteiger partial charge in [0.1, 0.15) is 6.04 Å². The molecule has 1 aromatic rings. The summed E-state index contributed by atoms with van der Waals surface area (Å²) in [6, 6.07) is 8.41. The summed E-state index contributed by atoms with van der Waals surface area (Å²) in [5.41, 5.74) is 2.28. The summed E-state index contributed by atoms with van der Waals surface area (Å²) in [7, 11) is 3.91. The van der Waals surface area contributed by atoms with E-state index < -0.39 is 0 Å². The first kappa shape index (κ1) is 14.1. The van der Waals surface area contributed by atoms with Crippen molar-refractivity contribution in [2.24, 2.45) is 0 Å². The van der Waals surface area contributed by atoms with E-state index in [0.29, 0.717) is 6.04 Å². The van der Waals surface area contributed by atoms with Crippen LogP contribution in [0.25, 0.3) is 0 Å². The van der Waals surface area contributed by atoms with E-state index in [1.54, 1.807) is 0 Å². The second kappa shape index (κ2) is 6.20. The summed E-state index contributed by atoms with van der Waals surface area (Å²) >= 11 is 0. The molecule has 1 fully saturated rings. The van der Waals surface area contributed by atoms with Crippen LogP contribution in [0, 0.1) is 6.92 Å². The van der Waals surface area contributed by atoms with Gasteiger partial charge in [-0.1, -0.05) is 42.7 Å². The number of hydrogen-bond donors (Lipinski definition) is 1. The minimum absolute atomic E-state index is 0.126. The zero-order chi connectivity index (χ0) is 13.8. The van der Waals surface area contributed by atoms with Gasteiger partial charge < -0.3 is 5.32 Å². The van der Waals surface area contributed by atoms with Gasteiger partial charge in [-0.05, 0) is 39.4 Å². The molecule has 1 aromatic carbocycles. The molecule has 1 aliphatic carbocycles. The lowest BCUT2D eigenvalue weighted by molar-refractivity contribution is -0.126. The molecule has 19 heavy (non-hydrogen) atoms. The first-order valence-corrected chi connectivity index (χ1v) is 7.11. The molecule has 3 heteroatoms. The third-order valence-electron chi connectivity index (χ3n) is 3.86. The van der Waals surface area contributed by atoms with E-state index in [2.05, 4.69) is 24.4 Å². The van der Waals surface area contributed by atoms with Gasteiger partial charge in [0.05, 0.1) is 0 Å². The van der Waals surface area contributed by atoms with Crippen LogP contribution >= 0.6 is 0 Å². The second-order valence-corrected chi connectivity index (χ2v) is 5.77. The fraction of sp³-hybridized carbons (Fsp3) is 0.562. The van der Waals surface area contributed by atoms with Crippen LogP contribution < -0.4 is 5.32 Å². The summed E-state index contributed by atoms with van der Waals surface area (Å²) in [6.07, 6.45) is 4.73. The topological polar surface area (TPSA) is 32.3 Å². The number of carbonyl (C=O) groups excluding carboxylic acids is 1. The van der Waals surface area contributed by atoms with E-state index >= 15 is 0 Å². The summed E-state index contributed by atoms with van der Waals surface area (Å²) in [5.74, 6) is 0.126. The number of rotatable bonds is 4. The maximum absolute atomic E-state index is 12.5. The molecule has 1 aliphatic rings. The maximum atomic E-state index is 12.5. The van der Waals surface area contributed by atoms with Crippen LogP contribution in [0.15, 0.2) is 24.3 Å². The summed E-state index contributed by atoms with van der Waals surface area (Å²) < 4.78 is 0. The zero-order valence-corrected chi connectivity index (χ0v) is 12.1. The van der Waals surface area contributed by atoms with Gasteiger partial charge in [0.15, 0.2) is 0 Å². The van der Waals surface area contributed by atoms with Crippen molar-refractivity contribution in [2.75, 3.05) is 14.1 Å². The Balaban J connectivity index is 2.10. The highest BCUT2D eigenvalue weighted by Gasteiger charge is 2.26. The Kier molecular flexibility index (Phi) is 4.59. The molecule has 0 bridgehead atoms. The molecule has 3 nitrogen and oxygen atoms in total. The molecule has 0 saturated heterocycles. The molecule has 1 amide bonds. The van der Waals surface area contributed by atoms with Gasteiger partial charge in [-0.2, -0.15) is 0 Å². The van der Waals surface area contributed by atoms with Gasteiger partial charge in [-0.3, -0.25) is 9.69 Å². The normalized spacial score (nSPS) is 17.7. The third-order valence-corrected chi connectivity index (χ3v) is 3.86. The minimum atomic E-state index is -0.193. The van der Waals surface area contributed by atoms with Gasteiger partial charge in [0.2, 0.25) is 5.91 Å². The predicted molar refractivity (Wildman–Crippen MR) is 78.0 cm³/mol. The average molecular weight is 260 g/mol. The molecular formula is C16H24N2O. The van der Waals surface area contributed by atoms with Crippen LogP contribution in [0.3, 0.4) is 0 Å². The maximum Gasteiger partial charge on any atom is 0.242 e. The summed E-state index contributed by atoms with van der Waals surface area (Å²) in [4.78, 5) is 14.5. The summed E-state index contributed by atoms with van der Waals surface area (Å²) in [5, 5.41) is 3.19. The second-order valence-electron chi connectivity index (χ2n) is 5.77. The van der Waals surface area contributed by atoms with Crippen LogP contribution in [0.5, 0.6) is 0 Å². The van der Waals surface area contributed by atoms with Gasteiger partial charge in [0, 0.05) is 6.04 Å². The highest BCUT2D eigenvalue weighted by atomic mass is 16.2. The van der Waals surface area contributed by atoms with E-state index in [0.717, 1.165) is 18.4 Å². The standard InChI is InChI=1S/C16H24N2O/c1-12-8-10-13(11-9-12)15(18(2)3)16(19)17-14-6-4-5-7-14/h8-11,14-15H,4-7H2,1-3H3,(H,17,19). The number of nitrogens with zero attached hydrogens (tertiary/aromatic N) is 1. The third kappa shape index (κ3) is 3.57. The van der Waals surface area contributed by atoms with Crippen molar-refractivity contribution in [2.45, 2.75) is 44.7 Å². The Bertz CT molecular complexity index is 419.